The van der Waals surface area contributed by atoms with Gasteiger partial charge in [-0.1, -0.05) is 90.1 Å². The number of anilines is 4. The zero-order chi connectivity index (χ0) is 29.2. The van der Waals surface area contributed by atoms with Gasteiger partial charge in [-0.05, 0) is 47.4 Å². The maximum absolute atomic E-state index is 11.1. The molecule has 0 fully saturated rings. The summed E-state index contributed by atoms with van der Waals surface area (Å²) in [7, 11) is 8.23. The van der Waals surface area contributed by atoms with Gasteiger partial charge < -0.3 is 15.7 Å². The van der Waals surface area contributed by atoms with Gasteiger partial charge in [-0.2, -0.15) is 0 Å². The molecule has 0 bridgehead atoms. The van der Waals surface area contributed by atoms with Crippen LogP contribution in [-0.2, 0) is 5.41 Å². The second-order valence-electron chi connectivity index (χ2n) is 13.3. The lowest BCUT2D eigenvalue weighted by Crippen LogP contribution is -2.59. The van der Waals surface area contributed by atoms with E-state index in [0.717, 1.165) is 23.5 Å². The topological polar surface area (TPSA) is 70.1 Å². The first-order valence-electron chi connectivity index (χ1n) is 14.3. The third kappa shape index (κ3) is 6.09. The minimum Gasteiger partial charge on any atom is -0.407 e. The average molecular weight is 522 g/mol. The van der Waals surface area contributed by atoms with Crippen LogP contribution in [0.15, 0.2) is 60.8 Å². The minimum absolute atomic E-state index is 0.332. The largest absolute Gasteiger partial charge is 0.407 e. The lowest BCUT2D eigenvalue weighted by molar-refractivity contribution is 0.0430. The molecule has 2 aromatic carbocycles. The molecular formula is C30H46B4N4O. The number of rotatable bonds is 11. The number of hydrogen-bond donors (Lipinski definition) is 3. The van der Waals surface area contributed by atoms with Gasteiger partial charge in [-0.3, -0.25) is 0 Å². The minimum atomic E-state index is -0.887. The van der Waals surface area contributed by atoms with Crippen LogP contribution in [-0.4, -0.2) is 51.9 Å². The van der Waals surface area contributed by atoms with E-state index in [-0.39, 0.29) is 5.21 Å². The number of aromatic nitrogens is 2. The van der Waals surface area contributed by atoms with Crippen LogP contribution in [0.4, 0.5) is 23.0 Å². The molecule has 1 unspecified atom stereocenters. The van der Waals surface area contributed by atoms with E-state index in [1.807, 2.05) is 52.2 Å². The summed E-state index contributed by atoms with van der Waals surface area (Å²) in [5.41, 5.74) is 3.34. The summed E-state index contributed by atoms with van der Waals surface area (Å²) in [6.45, 7) is 15.5. The Kier molecular flexibility index (Phi) is 9.06. The average Bonchev–Trinajstić information content (AvgIpc) is 2.86. The highest BCUT2D eigenvalue weighted by molar-refractivity contribution is 6.45. The van der Waals surface area contributed by atoms with Gasteiger partial charge in [0.2, 0.25) is 0 Å². The predicted molar refractivity (Wildman–Crippen MR) is 178 cm³/mol. The van der Waals surface area contributed by atoms with E-state index < -0.39 is 16.2 Å². The molecule has 39 heavy (non-hydrogen) atoms. The van der Waals surface area contributed by atoms with Crippen molar-refractivity contribution in [3.05, 3.63) is 72.1 Å². The van der Waals surface area contributed by atoms with Gasteiger partial charge >= 0.3 is 0 Å². The van der Waals surface area contributed by atoms with Gasteiger partial charge in [-0.15, -0.1) is 0 Å². The number of para-hydroxylation sites is 2. The van der Waals surface area contributed by atoms with E-state index in [4.69, 9.17) is 9.97 Å². The number of hydrogen-bond acceptors (Lipinski definition) is 5. The summed E-state index contributed by atoms with van der Waals surface area (Å²) in [6.07, 6.45) is 2.94. The second-order valence-corrected chi connectivity index (χ2v) is 13.3. The fourth-order valence-corrected chi connectivity index (χ4v) is 5.51. The quantitative estimate of drug-likeness (QED) is 0.336. The van der Waals surface area contributed by atoms with E-state index in [1.165, 1.54) is 5.56 Å². The number of nitrogens with zero attached hydrogens (tertiary/aromatic N) is 2. The number of nitrogens with one attached hydrogen (secondary N) is 2. The lowest BCUT2D eigenvalue weighted by Gasteiger charge is -2.57. The standard InChI is InChI=1S/C30H46B4N4O/c1-8-21(19(2)3)22-16-12-13-17-23(22)37-26-25(36-20-14-10-9-11-15-20)35-18-24(38-26)27(4,5)29(31,32)28(6,7)30(33,34)39/h9-19,21,39H,8,31-34H2,1-7H3,(H,35,36)(H,37,38). The molecule has 204 valence electrons. The van der Waals surface area contributed by atoms with E-state index >= 15 is 0 Å². The Morgan fingerprint density at radius 2 is 1.44 bits per heavy atom. The molecule has 0 saturated carbocycles. The first-order chi connectivity index (χ1) is 18.0. The van der Waals surface area contributed by atoms with Crippen LogP contribution in [0.2, 0.25) is 5.21 Å². The molecule has 0 radical (unpaired) electrons. The zero-order valence-electron chi connectivity index (χ0n) is 26.0. The second kappa shape index (κ2) is 11.4. The summed E-state index contributed by atoms with van der Waals surface area (Å²) in [4.78, 5) is 10.2. The molecule has 3 rings (SSSR count). The molecule has 0 spiro atoms. The van der Waals surface area contributed by atoms with Gasteiger partial charge in [0, 0.05) is 22.2 Å². The van der Waals surface area contributed by atoms with Gasteiger partial charge in [0.05, 0.1) is 11.9 Å². The molecular weight excluding hydrogens is 476 g/mol. The van der Waals surface area contributed by atoms with Crippen LogP contribution in [0.25, 0.3) is 0 Å². The van der Waals surface area contributed by atoms with Crippen molar-refractivity contribution in [3.8, 4) is 0 Å². The van der Waals surface area contributed by atoms with E-state index in [2.05, 4.69) is 99.1 Å². The third-order valence-corrected chi connectivity index (χ3v) is 9.96. The highest BCUT2D eigenvalue weighted by Crippen LogP contribution is 2.57. The van der Waals surface area contributed by atoms with E-state index in [0.29, 0.717) is 23.5 Å². The normalized spacial score (nSPS) is 13.8. The van der Waals surface area contributed by atoms with Crippen LogP contribution >= 0.6 is 0 Å². The van der Waals surface area contributed by atoms with Crippen LogP contribution in [0.1, 0.15) is 72.1 Å². The molecule has 1 aromatic heterocycles. The fraction of sp³-hybridized carbons (Fsp3) is 0.467. The molecule has 3 N–H and O–H groups in total. The highest BCUT2D eigenvalue weighted by Gasteiger charge is 2.54. The number of aliphatic hydroxyl groups is 1. The van der Waals surface area contributed by atoms with Crippen molar-refractivity contribution in [2.75, 3.05) is 10.6 Å². The van der Waals surface area contributed by atoms with Crippen LogP contribution in [0, 0.1) is 11.3 Å². The van der Waals surface area contributed by atoms with E-state index in [9.17, 15) is 5.11 Å². The Bertz CT molecular complexity index is 1260. The third-order valence-electron chi connectivity index (χ3n) is 9.96. The van der Waals surface area contributed by atoms with Crippen molar-refractivity contribution >= 4 is 54.4 Å². The summed E-state index contributed by atoms with van der Waals surface area (Å²) < 4.78 is 0. The molecule has 0 aliphatic carbocycles. The van der Waals surface area contributed by atoms with Crippen molar-refractivity contribution in [2.45, 2.75) is 76.8 Å². The molecule has 0 amide bonds. The van der Waals surface area contributed by atoms with Gasteiger partial charge in [0.15, 0.2) is 11.6 Å². The smallest absolute Gasteiger partial charge is 0.174 e. The SMILES string of the molecule is BC(B)(O)C(C)(C)C(B)(B)C(C)(C)c1cnc(Nc2ccccc2)c(Nc2ccccc2C(CC)C(C)C)n1. The van der Waals surface area contributed by atoms with E-state index in [1.54, 1.807) is 0 Å². The Hall–Kier alpha value is -2.66. The van der Waals surface area contributed by atoms with Crippen molar-refractivity contribution in [1.82, 2.24) is 9.97 Å². The lowest BCUT2D eigenvalue weighted by atomic mass is 9.27. The molecule has 5 nitrogen and oxygen atoms in total. The fourth-order valence-electron chi connectivity index (χ4n) is 5.51. The van der Waals surface area contributed by atoms with Gasteiger partial charge in [-0.25, -0.2) is 9.97 Å². The van der Waals surface area contributed by atoms with Gasteiger partial charge in [0.25, 0.3) is 0 Å². The molecule has 1 heterocycles. The molecule has 0 aliphatic rings. The summed E-state index contributed by atoms with van der Waals surface area (Å²) in [6, 6.07) is 18.6. The maximum atomic E-state index is 11.1. The van der Waals surface area contributed by atoms with Crippen LogP contribution < -0.4 is 10.6 Å². The molecule has 0 saturated heterocycles. The van der Waals surface area contributed by atoms with Crippen molar-refractivity contribution in [2.24, 2.45) is 11.3 Å². The van der Waals surface area contributed by atoms with Crippen LogP contribution in [0.3, 0.4) is 0 Å². The van der Waals surface area contributed by atoms with Crippen molar-refractivity contribution in [3.63, 3.8) is 0 Å². The summed E-state index contributed by atoms with van der Waals surface area (Å²) in [5, 5.41) is 17.1. The van der Waals surface area contributed by atoms with Crippen LogP contribution in [0.5, 0.6) is 0 Å². The number of benzene rings is 2. The zero-order valence-corrected chi connectivity index (χ0v) is 26.0. The molecule has 9 heteroatoms. The summed E-state index contributed by atoms with van der Waals surface area (Å²) in [5.74, 6) is 2.31. The van der Waals surface area contributed by atoms with Gasteiger partial charge in [0.1, 0.15) is 31.4 Å². The molecule has 1 atom stereocenters. The molecule has 0 aliphatic heterocycles. The Morgan fingerprint density at radius 3 is 2.00 bits per heavy atom. The maximum Gasteiger partial charge on any atom is 0.174 e. The summed E-state index contributed by atoms with van der Waals surface area (Å²) >= 11 is 0. The first kappa shape index (κ1) is 30.9. The molecule has 3 aromatic rings. The van der Waals surface area contributed by atoms with Crippen molar-refractivity contribution in [1.29, 1.82) is 0 Å². The first-order valence-corrected chi connectivity index (χ1v) is 14.3. The highest BCUT2D eigenvalue weighted by atomic mass is 16.3. The monoisotopic (exact) mass is 522 g/mol. The predicted octanol–water partition coefficient (Wildman–Crippen LogP) is 3.71. The Labute approximate surface area is 240 Å². The Balaban J connectivity index is 2.16. The Morgan fingerprint density at radius 1 is 0.846 bits per heavy atom. The van der Waals surface area contributed by atoms with Crippen molar-refractivity contribution < 1.29 is 5.11 Å².